The van der Waals surface area contributed by atoms with Gasteiger partial charge in [0.05, 0.1) is 17.4 Å². The van der Waals surface area contributed by atoms with Gasteiger partial charge in [-0.2, -0.15) is 5.10 Å². The predicted molar refractivity (Wildman–Crippen MR) is 89.7 cm³/mol. The van der Waals surface area contributed by atoms with E-state index in [9.17, 15) is 9.59 Å². The summed E-state index contributed by atoms with van der Waals surface area (Å²) in [7, 11) is 0. The highest BCUT2D eigenvalue weighted by Gasteiger charge is 2.09. The average molecular weight is 320 g/mol. The van der Waals surface area contributed by atoms with Crippen molar-refractivity contribution in [3.63, 3.8) is 0 Å². The number of aromatic nitrogens is 2. The summed E-state index contributed by atoms with van der Waals surface area (Å²) in [6, 6.07) is 16.4. The summed E-state index contributed by atoms with van der Waals surface area (Å²) in [5.41, 5.74) is 7.81. The second-order valence-corrected chi connectivity index (χ2v) is 5.26. The number of carbonyl (C=O) groups is 2. The molecule has 0 atom stereocenters. The molecule has 6 nitrogen and oxygen atoms in total. The topological polar surface area (TPSA) is 90.0 Å². The molecule has 0 unspecified atom stereocenters. The van der Waals surface area contributed by atoms with Crippen LogP contribution in [0, 0.1) is 0 Å². The van der Waals surface area contributed by atoms with Crippen LogP contribution in [0.2, 0.25) is 0 Å². The third-order valence-corrected chi connectivity index (χ3v) is 3.53. The number of nitrogens with two attached hydrogens (primary N) is 1. The molecule has 3 aromatic rings. The van der Waals surface area contributed by atoms with Crippen LogP contribution in [0.25, 0.3) is 5.69 Å². The van der Waals surface area contributed by atoms with Crippen LogP contribution >= 0.6 is 0 Å². The van der Waals surface area contributed by atoms with Gasteiger partial charge in [-0.3, -0.25) is 9.59 Å². The van der Waals surface area contributed by atoms with E-state index in [0.29, 0.717) is 17.7 Å². The van der Waals surface area contributed by atoms with E-state index in [2.05, 4.69) is 10.4 Å². The fourth-order valence-electron chi connectivity index (χ4n) is 2.28. The first-order valence-electron chi connectivity index (χ1n) is 7.40. The Morgan fingerprint density at radius 2 is 1.83 bits per heavy atom. The first-order valence-corrected chi connectivity index (χ1v) is 7.40. The van der Waals surface area contributed by atoms with Crippen LogP contribution in [0.5, 0.6) is 0 Å². The second-order valence-electron chi connectivity index (χ2n) is 5.26. The summed E-state index contributed by atoms with van der Waals surface area (Å²) in [4.78, 5) is 23.4. The number of benzene rings is 2. The zero-order chi connectivity index (χ0) is 16.9. The Balaban J connectivity index is 1.67. The number of nitrogens with one attached hydrogen (secondary N) is 1. The van der Waals surface area contributed by atoms with Crippen molar-refractivity contribution in [3.05, 3.63) is 83.7 Å². The molecule has 0 aliphatic heterocycles. The van der Waals surface area contributed by atoms with Crippen molar-refractivity contribution in [1.29, 1.82) is 0 Å². The van der Waals surface area contributed by atoms with Gasteiger partial charge in [-0.1, -0.05) is 30.3 Å². The Labute approximate surface area is 138 Å². The van der Waals surface area contributed by atoms with Crippen LogP contribution in [0.4, 0.5) is 0 Å². The minimum atomic E-state index is -0.493. The fourth-order valence-corrected chi connectivity index (χ4v) is 2.28. The molecule has 3 N–H and O–H groups in total. The van der Waals surface area contributed by atoms with Crippen molar-refractivity contribution in [2.45, 2.75) is 6.54 Å². The molecule has 0 spiro atoms. The van der Waals surface area contributed by atoms with Gasteiger partial charge in [-0.15, -0.1) is 0 Å². The van der Waals surface area contributed by atoms with E-state index in [-0.39, 0.29) is 5.91 Å². The molecular weight excluding hydrogens is 304 g/mol. The molecule has 0 aliphatic carbocycles. The van der Waals surface area contributed by atoms with Crippen molar-refractivity contribution in [1.82, 2.24) is 15.1 Å². The van der Waals surface area contributed by atoms with Gasteiger partial charge in [0.1, 0.15) is 0 Å². The highest BCUT2D eigenvalue weighted by atomic mass is 16.2. The molecule has 0 radical (unpaired) electrons. The molecule has 0 bridgehead atoms. The summed E-state index contributed by atoms with van der Waals surface area (Å²) in [6.45, 7) is 0.302. The summed E-state index contributed by atoms with van der Waals surface area (Å²) < 4.78 is 1.64. The third kappa shape index (κ3) is 3.49. The van der Waals surface area contributed by atoms with E-state index in [1.54, 1.807) is 29.1 Å². The lowest BCUT2D eigenvalue weighted by atomic mass is 10.1. The first-order chi connectivity index (χ1) is 11.6. The Morgan fingerprint density at radius 1 is 1.04 bits per heavy atom. The van der Waals surface area contributed by atoms with Crippen LogP contribution in [0.3, 0.4) is 0 Å². The predicted octanol–water partition coefficient (Wildman–Crippen LogP) is 1.90. The lowest BCUT2D eigenvalue weighted by Gasteiger charge is -2.05. The van der Waals surface area contributed by atoms with E-state index < -0.39 is 5.91 Å². The standard InChI is InChI=1S/C18H16N4O2/c19-17(23)14-6-4-5-13(9-14)10-20-18(24)15-11-21-22(12-15)16-7-2-1-3-8-16/h1-9,11-12H,10H2,(H2,19,23)(H,20,24). The Kier molecular flexibility index (Phi) is 4.38. The lowest BCUT2D eigenvalue weighted by Crippen LogP contribution is -2.22. The highest BCUT2D eigenvalue weighted by Crippen LogP contribution is 2.08. The maximum Gasteiger partial charge on any atom is 0.254 e. The van der Waals surface area contributed by atoms with Gasteiger partial charge in [0, 0.05) is 18.3 Å². The minimum absolute atomic E-state index is 0.235. The smallest absolute Gasteiger partial charge is 0.254 e. The van der Waals surface area contributed by atoms with Gasteiger partial charge in [0.25, 0.3) is 5.91 Å². The van der Waals surface area contributed by atoms with Crippen molar-refractivity contribution in [2.75, 3.05) is 0 Å². The van der Waals surface area contributed by atoms with Gasteiger partial charge in [-0.05, 0) is 29.8 Å². The number of hydrogen-bond donors (Lipinski definition) is 2. The zero-order valence-electron chi connectivity index (χ0n) is 12.8. The van der Waals surface area contributed by atoms with Crippen molar-refractivity contribution in [3.8, 4) is 5.69 Å². The van der Waals surface area contributed by atoms with E-state index in [0.717, 1.165) is 11.3 Å². The van der Waals surface area contributed by atoms with Crippen LogP contribution in [-0.4, -0.2) is 21.6 Å². The van der Waals surface area contributed by atoms with Crippen LogP contribution in [0.1, 0.15) is 26.3 Å². The Hall–Kier alpha value is -3.41. The molecule has 2 aromatic carbocycles. The summed E-state index contributed by atoms with van der Waals surface area (Å²) in [5.74, 6) is -0.728. The monoisotopic (exact) mass is 320 g/mol. The Morgan fingerprint density at radius 3 is 2.58 bits per heavy atom. The quantitative estimate of drug-likeness (QED) is 0.752. The molecule has 0 fully saturated rings. The van der Waals surface area contributed by atoms with E-state index >= 15 is 0 Å². The fraction of sp³-hybridized carbons (Fsp3) is 0.0556. The Bertz CT molecular complexity index is 871. The summed E-state index contributed by atoms with van der Waals surface area (Å²) in [6.07, 6.45) is 3.19. The molecule has 24 heavy (non-hydrogen) atoms. The van der Waals surface area contributed by atoms with Gasteiger partial charge >= 0.3 is 0 Å². The van der Waals surface area contributed by atoms with Crippen molar-refractivity contribution in [2.24, 2.45) is 5.73 Å². The van der Waals surface area contributed by atoms with E-state index in [4.69, 9.17) is 5.73 Å². The van der Waals surface area contributed by atoms with E-state index in [1.165, 1.54) is 6.20 Å². The van der Waals surface area contributed by atoms with Crippen molar-refractivity contribution < 1.29 is 9.59 Å². The van der Waals surface area contributed by atoms with Crippen LogP contribution in [0.15, 0.2) is 67.0 Å². The summed E-state index contributed by atoms with van der Waals surface area (Å²) >= 11 is 0. The molecular formula is C18H16N4O2. The van der Waals surface area contributed by atoms with Gasteiger partial charge in [0.15, 0.2) is 0 Å². The number of nitrogens with zero attached hydrogens (tertiary/aromatic N) is 2. The number of amides is 2. The molecule has 0 aliphatic rings. The normalized spacial score (nSPS) is 10.3. The second kappa shape index (κ2) is 6.78. The molecule has 0 saturated heterocycles. The van der Waals surface area contributed by atoms with E-state index in [1.807, 2.05) is 36.4 Å². The van der Waals surface area contributed by atoms with Gasteiger partial charge < -0.3 is 11.1 Å². The number of primary amides is 1. The summed E-state index contributed by atoms with van der Waals surface area (Å²) in [5, 5.41) is 7.00. The largest absolute Gasteiger partial charge is 0.366 e. The molecule has 2 amide bonds. The number of carbonyl (C=O) groups excluding carboxylic acids is 2. The van der Waals surface area contributed by atoms with Crippen LogP contribution in [-0.2, 0) is 6.54 Å². The molecule has 3 rings (SSSR count). The average Bonchev–Trinajstić information content (AvgIpc) is 3.11. The molecule has 1 heterocycles. The zero-order valence-corrected chi connectivity index (χ0v) is 12.8. The lowest BCUT2D eigenvalue weighted by molar-refractivity contribution is 0.0950. The molecule has 1 aromatic heterocycles. The first kappa shape index (κ1) is 15.5. The number of para-hydroxylation sites is 1. The third-order valence-electron chi connectivity index (χ3n) is 3.53. The van der Waals surface area contributed by atoms with Gasteiger partial charge in [0.2, 0.25) is 5.91 Å². The molecule has 6 heteroatoms. The SMILES string of the molecule is NC(=O)c1cccc(CNC(=O)c2cnn(-c3ccccc3)c2)c1. The molecule has 0 saturated carbocycles. The van der Waals surface area contributed by atoms with Crippen molar-refractivity contribution >= 4 is 11.8 Å². The van der Waals surface area contributed by atoms with Crippen LogP contribution < -0.4 is 11.1 Å². The minimum Gasteiger partial charge on any atom is -0.366 e. The number of hydrogen-bond acceptors (Lipinski definition) is 3. The highest BCUT2D eigenvalue weighted by molar-refractivity contribution is 5.94. The number of rotatable bonds is 5. The molecule has 120 valence electrons. The maximum absolute atomic E-state index is 12.2. The van der Waals surface area contributed by atoms with Gasteiger partial charge in [-0.25, -0.2) is 4.68 Å². The maximum atomic E-state index is 12.2.